The molecular formula is C12H17N3O4. The molecule has 0 bridgehead atoms. The number of carboxylic acid groups (broad SMARTS) is 1. The maximum absolute atomic E-state index is 11.5. The fourth-order valence-electron chi connectivity index (χ4n) is 2.24. The Bertz CT molecular complexity index is 514. The van der Waals surface area contributed by atoms with E-state index in [-0.39, 0.29) is 12.2 Å². The van der Waals surface area contributed by atoms with Crippen molar-refractivity contribution in [3.63, 3.8) is 0 Å². The number of anilines is 1. The Hall–Kier alpha value is -1.89. The van der Waals surface area contributed by atoms with Gasteiger partial charge in [-0.05, 0) is 12.8 Å². The standard InChI is InChI=1S/C12H17N3O4/c1-19-7-9-5-10(16)14-12(13-9)15-4-2-3-8(6-15)11(17)18/h5,8H,2-4,6-7H2,1H3,(H,17,18)(H,13,14,16). The summed E-state index contributed by atoms with van der Waals surface area (Å²) in [7, 11) is 1.53. The predicted molar refractivity (Wildman–Crippen MR) is 68.1 cm³/mol. The first-order valence-electron chi connectivity index (χ1n) is 6.17. The van der Waals surface area contributed by atoms with Crippen LogP contribution in [0.4, 0.5) is 5.95 Å². The van der Waals surface area contributed by atoms with E-state index in [4.69, 9.17) is 9.84 Å². The summed E-state index contributed by atoms with van der Waals surface area (Å²) < 4.78 is 4.96. The van der Waals surface area contributed by atoms with Crippen LogP contribution in [0.5, 0.6) is 0 Å². The van der Waals surface area contributed by atoms with Gasteiger partial charge in [-0.2, -0.15) is 0 Å². The summed E-state index contributed by atoms with van der Waals surface area (Å²) >= 11 is 0. The molecule has 1 aromatic heterocycles. The highest BCUT2D eigenvalue weighted by atomic mass is 16.5. The number of aliphatic carboxylic acids is 1. The quantitative estimate of drug-likeness (QED) is 0.810. The molecule has 104 valence electrons. The second kappa shape index (κ2) is 5.83. The summed E-state index contributed by atoms with van der Waals surface area (Å²) in [6.07, 6.45) is 1.43. The van der Waals surface area contributed by atoms with Crippen molar-refractivity contribution in [3.05, 3.63) is 22.1 Å². The van der Waals surface area contributed by atoms with Gasteiger partial charge in [0, 0.05) is 26.3 Å². The number of hydrogen-bond acceptors (Lipinski definition) is 5. The lowest BCUT2D eigenvalue weighted by atomic mass is 9.99. The number of ether oxygens (including phenoxy) is 1. The number of aromatic amines is 1. The second-order valence-electron chi connectivity index (χ2n) is 4.62. The van der Waals surface area contributed by atoms with Gasteiger partial charge in [-0.3, -0.25) is 14.6 Å². The maximum atomic E-state index is 11.5. The maximum Gasteiger partial charge on any atom is 0.308 e. The zero-order valence-corrected chi connectivity index (χ0v) is 10.8. The zero-order chi connectivity index (χ0) is 13.8. The third kappa shape index (κ3) is 3.31. The molecule has 1 saturated heterocycles. The van der Waals surface area contributed by atoms with Crippen LogP contribution in [0.1, 0.15) is 18.5 Å². The van der Waals surface area contributed by atoms with Gasteiger partial charge in [0.25, 0.3) is 5.56 Å². The lowest BCUT2D eigenvalue weighted by molar-refractivity contribution is -0.141. The Kier molecular flexibility index (Phi) is 4.16. The Morgan fingerprint density at radius 2 is 2.47 bits per heavy atom. The van der Waals surface area contributed by atoms with Crippen molar-refractivity contribution in [1.82, 2.24) is 9.97 Å². The van der Waals surface area contributed by atoms with Crippen molar-refractivity contribution in [2.45, 2.75) is 19.4 Å². The highest BCUT2D eigenvalue weighted by molar-refractivity contribution is 5.71. The first-order valence-corrected chi connectivity index (χ1v) is 6.17. The van der Waals surface area contributed by atoms with Crippen molar-refractivity contribution in [3.8, 4) is 0 Å². The van der Waals surface area contributed by atoms with Crippen molar-refractivity contribution in [1.29, 1.82) is 0 Å². The number of nitrogens with zero attached hydrogens (tertiary/aromatic N) is 2. The fraction of sp³-hybridized carbons (Fsp3) is 0.583. The van der Waals surface area contributed by atoms with Gasteiger partial charge in [0.1, 0.15) is 0 Å². The van der Waals surface area contributed by atoms with Crippen molar-refractivity contribution >= 4 is 11.9 Å². The molecule has 0 radical (unpaired) electrons. The molecule has 1 aliphatic rings. The SMILES string of the molecule is COCc1cc(=O)[nH]c(N2CCCC(C(=O)O)C2)n1. The van der Waals surface area contributed by atoms with Crippen LogP contribution in [0.15, 0.2) is 10.9 Å². The minimum atomic E-state index is -0.805. The minimum absolute atomic E-state index is 0.255. The van der Waals surface area contributed by atoms with Gasteiger partial charge in [0.05, 0.1) is 18.2 Å². The molecule has 2 N–H and O–H groups in total. The van der Waals surface area contributed by atoms with E-state index in [1.165, 1.54) is 13.2 Å². The Morgan fingerprint density at radius 3 is 3.16 bits per heavy atom. The monoisotopic (exact) mass is 267 g/mol. The minimum Gasteiger partial charge on any atom is -0.481 e. The lowest BCUT2D eigenvalue weighted by Crippen LogP contribution is -2.40. The smallest absolute Gasteiger partial charge is 0.308 e. The van der Waals surface area contributed by atoms with E-state index in [9.17, 15) is 9.59 Å². The average Bonchev–Trinajstić information content (AvgIpc) is 2.38. The van der Waals surface area contributed by atoms with Crippen LogP contribution in [0.3, 0.4) is 0 Å². The normalized spacial score (nSPS) is 19.4. The van der Waals surface area contributed by atoms with Crippen LogP contribution < -0.4 is 10.5 Å². The molecule has 2 rings (SSSR count). The van der Waals surface area contributed by atoms with Crippen LogP contribution in [0.25, 0.3) is 0 Å². The summed E-state index contributed by atoms with van der Waals surface area (Å²) in [6, 6.07) is 1.38. The fourth-order valence-corrected chi connectivity index (χ4v) is 2.24. The zero-order valence-electron chi connectivity index (χ0n) is 10.8. The molecule has 7 nitrogen and oxygen atoms in total. The second-order valence-corrected chi connectivity index (χ2v) is 4.62. The predicted octanol–water partition coefficient (Wildman–Crippen LogP) is 0.217. The van der Waals surface area contributed by atoms with Crippen LogP contribution in [-0.2, 0) is 16.1 Å². The first-order chi connectivity index (χ1) is 9.10. The van der Waals surface area contributed by atoms with E-state index in [0.29, 0.717) is 31.2 Å². The van der Waals surface area contributed by atoms with Gasteiger partial charge in [-0.15, -0.1) is 0 Å². The topological polar surface area (TPSA) is 95.5 Å². The van der Waals surface area contributed by atoms with Gasteiger partial charge in [0.15, 0.2) is 0 Å². The van der Waals surface area contributed by atoms with E-state index in [1.807, 2.05) is 4.90 Å². The molecule has 1 unspecified atom stereocenters. The first kappa shape index (κ1) is 13.5. The van der Waals surface area contributed by atoms with Crippen LogP contribution >= 0.6 is 0 Å². The molecule has 1 aliphatic heterocycles. The van der Waals surface area contributed by atoms with E-state index in [1.54, 1.807) is 0 Å². The summed E-state index contributed by atoms with van der Waals surface area (Å²) in [5.74, 6) is -0.796. The average molecular weight is 267 g/mol. The number of H-pyrrole nitrogens is 1. The van der Waals surface area contributed by atoms with Gasteiger partial charge >= 0.3 is 5.97 Å². The molecule has 0 spiro atoms. The van der Waals surface area contributed by atoms with Gasteiger partial charge in [-0.1, -0.05) is 0 Å². The van der Waals surface area contributed by atoms with E-state index in [0.717, 1.165) is 6.42 Å². The largest absolute Gasteiger partial charge is 0.481 e. The molecule has 7 heteroatoms. The number of carboxylic acids is 1. The van der Waals surface area contributed by atoms with E-state index in [2.05, 4.69) is 9.97 Å². The highest BCUT2D eigenvalue weighted by Gasteiger charge is 2.26. The Balaban J connectivity index is 2.20. The molecule has 0 saturated carbocycles. The molecule has 19 heavy (non-hydrogen) atoms. The number of nitrogens with one attached hydrogen (secondary N) is 1. The Labute approximate surface area is 110 Å². The van der Waals surface area contributed by atoms with E-state index >= 15 is 0 Å². The molecule has 0 aliphatic carbocycles. The van der Waals surface area contributed by atoms with Gasteiger partial charge in [0.2, 0.25) is 5.95 Å². The molecule has 1 aromatic rings. The van der Waals surface area contributed by atoms with Crippen LogP contribution in [-0.4, -0.2) is 41.2 Å². The highest BCUT2D eigenvalue weighted by Crippen LogP contribution is 2.20. The molecule has 0 amide bonds. The number of aromatic nitrogens is 2. The third-order valence-electron chi connectivity index (χ3n) is 3.14. The summed E-state index contributed by atoms with van der Waals surface area (Å²) in [5, 5.41) is 9.06. The number of methoxy groups -OCH3 is 1. The number of carbonyl (C=O) groups is 1. The number of hydrogen-bond donors (Lipinski definition) is 2. The van der Waals surface area contributed by atoms with Crippen molar-refractivity contribution in [2.75, 3.05) is 25.1 Å². The summed E-state index contributed by atoms with van der Waals surface area (Å²) in [5.41, 5.74) is 0.285. The molecular weight excluding hydrogens is 250 g/mol. The number of piperidine rings is 1. The van der Waals surface area contributed by atoms with E-state index < -0.39 is 11.9 Å². The molecule has 2 heterocycles. The van der Waals surface area contributed by atoms with Crippen LogP contribution in [0.2, 0.25) is 0 Å². The number of rotatable bonds is 4. The third-order valence-corrected chi connectivity index (χ3v) is 3.14. The van der Waals surface area contributed by atoms with Gasteiger partial charge in [-0.25, -0.2) is 4.98 Å². The van der Waals surface area contributed by atoms with Gasteiger partial charge < -0.3 is 14.7 Å². The molecule has 0 aromatic carbocycles. The molecule has 1 atom stereocenters. The van der Waals surface area contributed by atoms with Crippen molar-refractivity contribution in [2.24, 2.45) is 5.92 Å². The lowest BCUT2D eigenvalue weighted by Gasteiger charge is -2.31. The summed E-state index contributed by atoms with van der Waals surface area (Å²) in [6.45, 7) is 1.32. The van der Waals surface area contributed by atoms with Crippen molar-refractivity contribution < 1.29 is 14.6 Å². The molecule has 1 fully saturated rings. The van der Waals surface area contributed by atoms with Crippen LogP contribution in [0, 0.1) is 5.92 Å². The Morgan fingerprint density at radius 1 is 1.68 bits per heavy atom. The summed E-state index contributed by atoms with van der Waals surface area (Å²) in [4.78, 5) is 31.3.